The fraction of sp³-hybridized carbons (Fsp3) is 0.909. The van der Waals surface area contributed by atoms with Crippen LogP contribution in [0.2, 0.25) is 0 Å². The molecule has 1 fully saturated rings. The summed E-state index contributed by atoms with van der Waals surface area (Å²) in [4.78, 5) is 9.60. The van der Waals surface area contributed by atoms with E-state index in [9.17, 15) is 4.79 Å². The van der Waals surface area contributed by atoms with Gasteiger partial charge in [0.1, 0.15) is 5.60 Å². The van der Waals surface area contributed by atoms with Gasteiger partial charge in [-0.3, -0.25) is 4.79 Å². The van der Waals surface area contributed by atoms with Crippen molar-refractivity contribution in [3.05, 3.63) is 0 Å². The summed E-state index contributed by atoms with van der Waals surface area (Å²) in [5.74, 6) is 0.580. The molecule has 0 spiro atoms. The van der Waals surface area contributed by atoms with E-state index in [-0.39, 0.29) is 5.60 Å². The third-order valence-electron chi connectivity index (χ3n) is 2.12. The summed E-state index contributed by atoms with van der Waals surface area (Å²) in [6, 6.07) is 0. The summed E-state index contributed by atoms with van der Waals surface area (Å²) in [5, 5.41) is 11.9. The van der Waals surface area contributed by atoms with E-state index in [1.165, 1.54) is 0 Å². The van der Waals surface area contributed by atoms with Gasteiger partial charge in [-0.05, 0) is 52.6 Å². The zero-order valence-electron chi connectivity index (χ0n) is 9.95. The molecular formula is C11H23NO3. The van der Waals surface area contributed by atoms with Crippen LogP contribution in [0.3, 0.4) is 0 Å². The van der Waals surface area contributed by atoms with Gasteiger partial charge in [-0.2, -0.15) is 0 Å². The van der Waals surface area contributed by atoms with Crippen molar-refractivity contribution >= 4 is 6.47 Å². The maximum atomic E-state index is 9.60. The molecule has 1 aliphatic rings. The molecule has 0 aliphatic carbocycles. The van der Waals surface area contributed by atoms with E-state index in [0.29, 0.717) is 19.0 Å². The van der Waals surface area contributed by atoms with Crippen LogP contribution in [-0.4, -0.2) is 36.9 Å². The predicted molar refractivity (Wildman–Crippen MR) is 59.6 cm³/mol. The van der Waals surface area contributed by atoms with Gasteiger partial charge in [0.05, 0.1) is 0 Å². The van der Waals surface area contributed by atoms with Gasteiger partial charge in [-0.25, -0.2) is 0 Å². The Morgan fingerprint density at radius 2 is 1.93 bits per heavy atom. The average Bonchev–Trinajstić information content (AvgIpc) is 2.18. The molecule has 1 rings (SSSR count). The Hall–Kier alpha value is -0.610. The van der Waals surface area contributed by atoms with Crippen LogP contribution in [0.4, 0.5) is 0 Å². The third-order valence-corrected chi connectivity index (χ3v) is 2.12. The van der Waals surface area contributed by atoms with Crippen molar-refractivity contribution < 1.29 is 14.6 Å². The number of hydrogen-bond donors (Lipinski definition) is 2. The van der Waals surface area contributed by atoms with Crippen LogP contribution in [0.15, 0.2) is 0 Å². The van der Waals surface area contributed by atoms with Crippen molar-refractivity contribution in [2.45, 2.75) is 39.2 Å². The summed E-state index contributed by atoms with van der Waals surface area (Å²) in [7, 11) is 0. The van der Waals surface area contributed by atoms with Crippen LogP contribution in [0.1, 0.15) is 33.6 Å². The molecule has 1 saturated heterocycles. The lowest BCUT2D eigenvalue weighted by Gasteiger charge is -2.19. The second-order valence-electron chi connectivity index (χ2n) is 4.70. The molecule has 15 heavy (non-hydrogen) atoms. The summed E-state index contributed by atoms with van der Waals surface area (Å²) < 4.78 is 4.55. The Balaban J connectivity index is 0.000000265. The van der Waals surface area contributed by atoms with Crippen molar-refractivity contribution in [1.29, 1.82) is 0 Å². The van der Waals surface area contributed by atoms with Gasteiger partial charge in [0.25, 0.3) is 6.47 Å². The van der Waals surface area contributed by atoms with E-state index in [2.05, 4.69) is 10.1 Å². The Labute approximate surface area is 92.0 Å². The number of nitrogens with one attached hydrogen (secondary N) is 1. The van der Waals surface area contributed by atoms with Gasteiger partial charge in [0.15, 0.2) is 0 Å². The molecule has 0 amide bonds. The minimum Gasteiger partial charge on any atom is -0.462 e. The molecule has 1 aliphatic heterocycles. The first-order chi connectivity index (χ1) is 6.99. The second-order valence-corrected chi connectivity index (χ2v) is 4.70. The molecule has 90 valence electrons. The van der Waals surface area contributed by atoms with Crippen LogP contribution in [0, 0.1) is 5.92 Å². The van der Waals surface area contributed by atoms with Crippen molar-refractivity contribution in [1.82, 2.24) is 5.32 Å². The van der Waals surface area contributed by atoms with Crippen molar-refractivity contribution in [2.24, 2.45) is 5.92 Å². The normalized spacial score (nSPS) is 17.6. The molecule has 0 bridgehead atoms. The summed E-state index contributed by atoms with van der Waals surface area (Å²) in [6.07, 6.45) is 2.30. The quantitative estimate of drug-likeness (QED) is 0.676. The number of piperidine rings is 1. The number of carbonyl (C=O) groups excluding carboxylic acids is 1. The summed E-state index contributed by atoms with van der Waals surface area (Å²) in [6.45, 7) is 8.47. The Morgan fingerprint density at radius 3 is 2.13 bits per heavy atom. The van der Waals surface area contributed by atoms with E-state index in [1.807, 2.05) is 20.8 Å². The number of hydrogen-bond acceptors (Lipinski definition) is 4. The van der Waals surface area contributed by atoms with Crippen LogP contribution >= 0.6 is 0 Å². The van der Waals surface area contributed by atoms with Crippen LogP contribution in [-0.2, 0) is 9.53 Å². The molecule has 0 aromatic heterocycles. The first-order valence-electron chi connectivity index (χ1n) is 5.42. The first kappa shape index (κ1) is 14.4. The highest BCUT2D eigenvalue weighted by atomic mass is 16.5. The van der Waals surface area contributed by atoms with Gasteiger partial charge >= 0.3 is 0 Å². The molecule has 0 unspecified atom stereocenters. The zero-order valence-corrected chi connectivity index (χ0v) is 9.95. The van der Waals surface area contributed by atoms with Crippen LogP contribution in [0.5, 0.6) is 0 Å². The standard InChI is InChI=1S/C6H13NO.C5H10O2/c8-5-6-1-3-7-4-2-6;1-5(2,3)7-4-6/h6-8H,1-5H2;4H,1-3H3. The lowest BCUT2D eigenvalue weighted by Crippen LogP contribution is -2.29. The van der Waals surface area contributed by atoms with Crippen LogP contribution < -0.4 is 5.32 Å². The largest absolute Gasteiger partial charge is 0.462 e. The number of ether oxygens (including phenoxy) is 1. The molecule has 1 heterocycles. The third kappa shape index (κ3) is 9.69. The Bertz CT molecular complexity index is 160. The predicted octanol–water partition coefficient (Wildman–Crippen LogP) is 0.936. The monoisotopic (exact) mass is 217 g/mol. The highest BCUT2D eigenvalue weighted by Gasteiger charge is 2.10. The lowest BCUT2D eigenvalue weighted by atomic mass is 10.00. The smallest absolute Gasteiger partial charge is 0.293 e. The van der Waals surface area contributed by atoms with Gasteiger partial charge in [0.2, 0.25) is 0 Å². The molecular weight excluding hydrogens is 194 g/mol. The zero-order chi connectivity index (χ0) is 11.7. The SMILES string of the molecule is CC(C)(C)OC=O.OCC1CCNCC1. The number of aliphatic hydroxyl groups is 1. The van der Waals surface area contributed by atoms with Gasteiger partial charge < -0.3 is 15.2 Å². The first-order valence-corrected chi connectivity index (χ1v) is 5.42. The van der Waals surface area contributed by atoms with E-state index < -0.39 is 0 Å². The summed E-state index contributed by atoms with van der Waals surface area (Å²) >= 11 is 0. The molecule has 0 aromatic rings. The highest BCUT2D eigenvalue weighted by Crippen LogP contribution is 2.08. The maximum Gasteiger partial charge on any atom is 0.293 e. The second kappa shape index (κ2) is 7.65. The minimum atomic E-state index is -0.318. The molecule has 2 N–H and O–H groups in total. The number of carbonyl (C=O) groups is 1. The topological polar surface area (TPSA) is 58.6 Å². The van der Waals surface area contributed by atoms with E-state index in [1.54, 1.807) is 0 Å². The van der Waals surface area contributed by atoms with E-state index in [0.717, 1.165) is 25.9 Å². The lowest BCUT2D eigenvalue weighted by molar-refractivity contribution is -0.138. The Kier molecular flexibility index (Phi) is 7.34. The molecule has 4 nitrogen and oxygen atoms in total. The van der Waals surface area contributed by atoms with Gasteiger partial charge in [-0.1, -0.05) is 0 Å². The average molecular weight is 217 g/mol. The van der Waals surface area contributed by atoms with Crippen LogP contribution in [0.25, 0.3) is 0 Å². The fourth-order valence-corrected chi connectivity index (χ4v) is 1.21. The van der Waals surface area contributed by atoms with Crippen molar-refractivity contribution in [3.8, 4) is 0 Å². The van der Waals surface area contributed by atoms with E-state index in [4.69, 9.17) is 5.11 Å². The molecule has 0 saturated carbocycles. The molecule has 0 atom stereocenters. The Morgan fingerprint density at radius 1 is 1.40 bits per heavy atom. The van der Waals surface area contributed by atoms with Crippen molar-refractivity contribution in [2.75, 3.05) is 19.7 Å². The van der Waals surface area contributed by atoms with Crippen molar-refractivity contribution in [3.63, 3.8) is 0 Å². The maximum absolute atomic E-state index is 9.60. The fourth-order valence-electron chi connectivity index (χ4n) is 1.21. The molecule has 0 aromatic carbocycles. The number of aliphatic hydroxyl groups excluding tert-OH is 1. The van der Waals surface area contributed by atoms with Gasteiger partial charge in [0, 0.05) is 6.61 Å². The molecule has 0 radical (unpaired) electrons. The highest BCUT2D eigenvalue weighted by molar-refractivity contribution is 5.37. The van der Waals surface area contributed by atoms with Gasteiger partial charge in [-0.15, -0.1) is 0 Å². The summed E-state index contributed by atoms with van der Waals surface area (Å²) in [5.41, 5.74) is -0.318. The minimum absolute atomic E-state index is 0.318. The number of rotatable bonds is 2. The van der Waals surface area contributed by atoms with E-state index >= 15 is 0 Å². The molecule has 4 heteroatoms.